The molecule has 0 aliphatic rings. The monoisotopic (exact) mass is 119 g/mol. The molecule has 1 radical (unpaired) electrons. The number of hydrogen-bond donors (Lipinski definition) is 1. The molecule has 0 heterocycles. The summed E-state index contributed by atoms with van der Waals surface area (Å²) in [5, 5.41) is 8.51. The summed E-state index contributed by atoms with van der Waals surface area (Å²) in [4.78, 5) is 0. The maximum atomic E-state index is 8.51. The molecule has 0 bridgehead atoms. The normalized spacial score (nSPS) is 8.89. The molecule has 9 heavy (non-hydrogen) atoms. The van der Waals surface area contributed by atoms with Crippen molar-refractivity contribution in [2.24, 2.45) is 0 Å². The molecular formula is C7H7N2. The van der Waals surface area contributed by atoms with Crippen LogP contribution >= 0.6 is 0 Å². The molecule has 0 atom stereocenters. The van der Waals surface area contributed by atoms with Crippen LogP contribution in [0.3, 0.4) is 0 Å². The van der Waals surface area contributed by atoms with Crippen LogP contribution in [-0.2, 0) is 0 Å². The lowest BCUT2D eigenvalue weighted by molar-refractivity contribution is 1.64. The van der Waals surface area contributed by atoms with Gasteiger partial charge in [-0.1, -0.05) is 18.2 Å². The highest BCUT2D eigenvalue weighted by Gasteiger charge is 1.89. The Labute approximate surface area is 53.8 Å². The Morgan fingerprint density at radius 1 is 1.33 bits per heavy atom. The highest BCUT2D eigenvalue weighted by atomic mass is 14.6. The Balaban J connectivity index is 3.15. The highest BCUT2D eigenvalue weighted by Crippen LogP contribution is 2.05. The fourth-order valence-corrected chi connectivity index (χ4v) is 0.628. The summed E-state index contributed by atoms with van der Waals surface area (Å²) >= 11 is 0. The fourth-order valence-electron chi connectivity index (χ4n) is 0.628. The average Bonchev–Trinajstić information content (AvgIpc) is 1.89. The summed E-state index contributed by atoms with van der Waals surface area (Å²) in [6.45, 7) is 0. The number of benzene rings is 1. The van der Waals surface area contributed by atoms with Gasteiger partial charge in [0.05, 0.1) is 6.21 Å². The zero-order valence-corrected chi connectivity index (χ0v) is 4.91. The molecule has 2 nitrogen and oxygen atoms in total. The quantitative estimate of drug-likeness (QED) is 0.424. The molecule has 2 N–H and O–H groups in total. The van der Waals surface area contributed by atoms with Crippen LogP contribution in [-0.4, -0.2) is 6.21 Å². The van der Waals surface area contributed by atoms with Crippen molar-refractivity contribution in [1.29, 1.82) is 0 Å². The van der Waals surface area contributed by atoms with Gasteiger partial charge in [-0.05, 0) is 6.07 Å². The van der Waals surface area contributed by atoms with E-state index in [1.54, 1.807) is 12.1 Å². The van der Waals surface area contributed by atoms with Crippen LogP contribution in [0.2, 0.25) is 0 Å². The number of nitrogens with two attached hydrogens (primary N) is 1. The molecule has 1 aromatic rings. The van der Waals surface area contributed by atoms with Crippen molar-refractivity contribution in [3.05, 3.63) is 29.8 Å². The van der Waals surface area contributed by atoms with Crippen molar-refractivity contribution in [1.82, 2.24) is 5.41 Å². The van der Waals surface area contributed by atoms with Gasteiger partial charge in [0.25, 0.3) is 0 Å². The van der Waals surface area contributed by atoms with E-state index < -0.39 is 0 Å². The van der Waals surface area contributed by atoms with Crippen LogP contribution in [0.25, 0.3) is 0 Å². The maximum absolute atomic E-state index is 8.51. The van der Waals surface area contributed by atoms with Crippen LogP contribution in [0, 0.1) is 0 Å². The first kappa shape index (κ1) is 5.82. The van der Waals surface area contributed by atoms with Crippen LogP contribution in [0.15, 0.2) is 24.3 Å². The lowest BCUT2D eigenvalue weighted by Gasteiger charge is -1.93. The Morgan fingerprint density at radius 2 is 2.00 bits per heavy atom. The molecule has 0 saturated heterocycles. The third-order valence-electron chi connectivity index (χ3n) is 1.14. The summed E-state index contributed by atoms with van der Waals surface area (Å²) in [6, 6.07) is 7.12. The molecule has 1 aromatic carbocycles. The smallest absolute Gasteiger partial charge is 0.0588 e. The first-order chi connectivity index (χ1) is 4.34. The SMILES string of the molecule is [N]=Cc1ccccc1N. The van der Waals surface area contributed by atoms with Gasteiger partial charge in [-0.25, -0.2) is 0 Å². The predicted octanol–water partition coefficient (Wildman–Crippen LogP) is 0.488. The lowest BCUT2D eigenvalue weighted by atomic mass is 10.2. The Kier molecular flexibility index (Phi) is 1.49. The second-order valence-electron chi connectivity index (χ2n) is 1.76. The summed E-state index contributed by atoms with van der Waals surface area (Å²) < 4.78 is 0. The Bertz CT molecular complexity index is 218. The van der Waals surface area contributed by atoms with E-state index in [1.807, 2.05) is 12.1 Å². The number of para-hydroxylation sites is 1. The molecule has 2 heteroatoms. The minimum Gasteiger partial charge on any atom is -0.398 e. The average molecular weight is 119 g/mol. The fraction of sp³-hybridized carbons (Fsp3) is 0. The van der Waals surface area contributed by atoms with Crippen molar-refractivity contribution < 1.29 is 0 Å². The highest BCUT2D eigenvalue weighted by molar-refractivity contribution is 5.85. The van der Waals surface area contributed by atoms with Gasteiger partial charge >= 0.3 is 0 Å². The second kappa shape index (κ2) is 2.31. The van der Waals surface area contributed by atoms with Crippen molar-refractivity contribution in [2.45, 2.75) is 0 Å². The van der Waals surface area contributed by atoms with E-state index in [4.69, 9.17) is 11.1 Å². The van der Waals surface area contributed by atoms with Crippen molar-refractivity contribution in [2.75, 3.05) is 5.73 Å². The van der Waals surface area contributed by atoms with Crippen LogP contribution in [0.1, 0.15) is 5.56 Å². The summed E-state index contributed by atoms with van der Waals surface area (Å²) in [6.07, 6.45) is 0.995. The zero-order valence-electron chi connectivity index (χ0n) is 4.91. The molecule has 0 unspecified atom stereocenters. The van der Waals surface area contributed by atoms with Crippen molar-refractivity contribution in [3.63, 3.8) is 0 Å². The van der Waals surface area contributed by atoms with E-state index >= 15 is 0 Å². The van der Waals surface area contributed by atoms with E-state index in [-0.39, 0.29) is 0 Å². The number of hydrogen-bond acceptors (Lipinski definition) is 1. The molecule has 0 amide bonds. The van der Waals surface area contributed by atoms with Crippen LogP contribution in [0.5, 0.6) is 0 Å². The number of nitrogens with zero attached hydrogens (tertiary/aromatic N) is 1. The van der Waals surface area contributed by atoms with E-state index in [0.717, 1.165) is 6.21 Å². The third kappa shape index (κ3) is 1.08. The van der Waals surface area contributed by atoms with Gasteiger partial charge in [-0.3, -0.25) is 0 Å². The second-order valence-corrected chi connectivity index (χ2v) is 1.76. The topological polar surface area (TPSA) is 48.3 Å². The Hall–Kier alpha value is -1.31. The van der Waals surface area contributed by atoms with Crippen LogP contribution in [0.4, 0.5) is 5.69 Å². The Morgan fingerprint density at radius 3 is 2.44 bits per heavy atom. The summed E-state index contributed by atoms with van der Waals surface area (Å²) in [7, 11) is 0. The van der Waals surface area contributed by atoms with Gasteiger partial charge in [-0.2, -0.15) is 5.41 Å². The van der Waals surface area contributed by atoms with Crippen molar-refractivity contribution in [3.8, 4) is 0 Å². The van der Waals surface area contributed by atoms with E-state index in [9.17, 15) is 0 Å². The molecule has 0 aromatic heterocycles. The lowest BCUT2D eigenvalue weighted by Crippen LogP contribution is -1.91. The molecule has 0 aliphatic carbocycles. The van der Waals surface area contributed by atoms with Gasteiger partial charge in [0, 0.05) is 11.3 Å². The molecule has 0 saturated carbocycles. The first-order valence-corrected chi connectivity index (χ1v) is 2.66. The largest absolute Gasteiger partial charge is 0.398 e. The van der Waals surface area contributed by atoms with Gasteiger partial charge in [0.1, 0.15) is 0 Å². The molecule has 45 valence electrons. The molecule has 0 aliphatic heterocycles. The van der Waals surface area contributed by atoms with Crippen LogP contribution < -0.4 is 11.1 Å². The van der Waals surface area contributed by atoms with E-state index in [1.165, 1.54) is 0 Å². The molecule has 0 fully saturated rings. The van der Waals surface area contributed by atoms with Gasteiger partial charge < -0.3 is 5.73 Å². The van der Waals surface area contributed by atoms with E-state index in [2.05, 4.69) is 0 Å². The number of rotatable bonds is 1. The number of nitrogen functional groups attached to an aromatic ring is 1. The number of anilines is 1. The van der Waals surface area contributed by atoms with Crippen molar-refractivity contribution >= 4 is 11.9 Å². The van der Waals surface area contributed by atoms with Gasteiger partial charge in [0.2, 0.25) is 0 Å². The minimum absolute atomic E-state index is 0.597. The minimum atomic E-state index is 0.597. The van der Waals surface area contributed by atoms with E-state index in [0.29, 0.717) is 11.3 Å². The molecular weight excluding hydrogens is 112 g/mol. The molecule has 1 rings (SSSR count). The first-order valence-electron chi connectivity index (χ1n) is 2.66. The third-order valence-corrected chi connectivity index (χ3v) is 1.14. The van der Waals surface area contributed by atoms with Gasteiger partial charge in [-0.15, -0.1) is 0 Å². The molecule has 0 spiro atoms. The maximum Gasteiger partial charge on any atom is 0.0588 e. The van der Waals surface area contributed by atoms with Gasteiger partial charge in [0.15, 0.2) is 0 Å². The standard InChI is InChI=1S/C7H7N2/c8-5-6-3-1-2-4-7(6)9/h1-5H,9H2. The summed E-state index contributed by atoms with van der Waals surface area (Å²) in [5.41, 5.74) is 6.70. The zero-order chi connectivity index (χ0) is 6.69. The predicted molar refractivity (Wildman–Crippen MR) is 38.2 cm³/mol. The summed E-state index contributed by atoms with van der Waals surface area (Å²) in [5.74, 6) is 0.